The van der Waals surface area contributed by atoms with Gasteiger partial charge in [0.1, 0.15) is 10.7 Å². The van der Waals surface area contributed by atoms with Crippen molar-refractivity contribution in [2.75, 3.05) is 12.4 Å². The van der Waals surface area contributed by atoms with Gasteiger partial charge in [0, 0.05) is 36.2 Å². The third-order valence-electron chi connectivity index (χ3n) is 4.99. The number of nitrogens with one attached hydrogen (secondary N) is 2. The standard InChI is InChI=1S/C22H18F4N4O2S.ClH/c1-27-11-14-13-30(33(31,32)17-3-2-8-28-12-17)21-10-16(5-6-18(14)21)29-20-7-4-15(9-19(20)23)22(24,25)26;/h2-10,12-13,27,29H,11H2,1H3;1H. The normalized spacial score (nSPS) is 11.9. The summed E-state index contributed by atoms with van der Waals surface area (Å²) in [6.45, 7) is 0.395. The molecule has 0 spiro atoms. The SMILES string of the molecule is CNCc1cn(S(=O)(=O)c2cccnc2)c2cc(Nc3ccc(C(F)(F)F)cc3F)ccc12.Cl. The van der Waals surface area contributed by atoms with Crippen LogP contribution in [0, 0.1) is 5.82 Å². The zero-order valence-electron chi connectivity index (χ0n) is 17.6. The average Bonchev–Trinajstić information content (AvgIpc) is 3.14. The summed E-state index contributed by atoms with van der Waals surface area (Å²) >= 11 is 0. The highest BCUT2D eigenvalue weighted by molar-refractivity contribution is 7.90. The molecule has 0 aliphatic heterocycles. The number of halogens is 5. The lowest BCUT2D eigenvalue weighted by atomic mass is 10.1. The van der Waals surface area contributed by atoms with Gasteiger partial charge >= 0.3 is 6.18 Å². The third kappa shape index (κ3) is 4.86. The number of hydrogen-bond acceptors (Lipinski definition) is 5. The van der Waals surface area contributed by atoms with Crippen molar-refractivity contribution in [3.8, 4) is 0 Å². The Morgan fingerprint density at radius 2 is 1.85 bits per heavy atom. The summed E-state index contributed by atoms with van der Waals surface area (Å²) in [5.74, 6) is -1.08. The molecule has 4 rings (SSSR count). The minimum atomic E-state index is -4.66. The molecule has 6 nitrogen and oxygen atoms in total. The molecule has 180 valence electrons. The van der Waals surface area contributed by atoms with Gasteiger partial charge in [0.15, 0.2) is 0 Å². The van der Waals surface area contributed by atoms with Gasteiger partial charge in [-0.25, -0.2) is 16.8 Å². The molecule has 0 radical (unpaired) electrons. The summed E-state index contributed by atoms with van der Waals surface area (Å²) < 4.78 is 80.3. The number of rotatable bonds is 6. The second-order valence-corrected chi connectivity index (χ2v) is 9.04. The van der Waals surface area contributed by atoms with Crippen molar-refractivity contribution in [1.29, 1.82) is 0 Å². The first-order valence-electron chi connectivity index (χ1n) is 9.69. The number of benzene rings is 2. The zero-order valence-corrected chi connectivity index (χ0v) is 19.2. The van der Waals surface area contributed by atoms with E-state index in [1.54, 1.807) is 19.2 Å². The Bertz CT molecular complexity index is 1420. The average molecular weight is 515 g/mol. The van der Waals surface area contributed by atoms with E-state index in [2.05, 4.69) is 15.6 Å². The number of hydrogen-bond donors (Lipinski definition) is 2. The van der Waals surface area contributed by atoms with Gasteiger partial charge in [-0.3, -0.25) is 4.98 Å². The second kappa shape index (κ2) is 9.61. The molecule has 0 bridgehead atoms. The van der Waals surface area contributed by atoms with Crippen molar-refractivity contribution in [1.82, 2.24) is 14.3 Å². The zero-order chi connectivity index (χ0) is 23.8. The lowest BCUT2D eigenvalue weighted by Gasteiger charge is -2.12. The van der Waals surface area contributed by atoms with E-state index in [1.165, 1.54) is 36.8 Å². The molecule has 2 heterocycles. The molecule has 4 aromatic rings. The number of anilines is 2. The Balaban J connectivity index is 0.00000324. The highest BCUT2D eigenvalue weighted by atomic mass is 35.5. The first-order valence-corrected chi connectivity index (χ1v) is 11.1. The lowest BCUT2D eigenvalue weighted by molar-refractivity contribution is -0.137. The molecule has 2 aromatic heterocycles. The van der Waals surface area contributed by atoms with Crippen LogP contribution in [-0.2, 0) is 22.7 Å². The summed E-state index contributed by atoms with van der Waals surface area (Å²) in [7, 11) is -2.26. The Kier molecular flexibility index (Phi) is 7.20. The van der Waals surface area contributed by atoms with Gasteiger partial charge < -0.3 is 10.6 Å². The molecule has 0 unspecified atom stereocenters. The summed E-state index contributed by atoms with van der Waals surface area (Å²) in [6.07, 6.45) is -0.478. The van der Waals surface area contributed by atoms with Crippen LogP contribution in [0.25, 0.3) is 10.9 Å². The highest BCUT2D eigenvalue weighted by Gasteiger charge is 2.31. The van der Waals surface area contributed by atoms with Gasteiger partial charge in [0.2, 0.25) is 0 Å². The molecule has 0 aliphatic carbocycles. The largest absolute Gasteiger partial charge is 0.416 e. The topological polar surface area (TPSA) is 76.0 Å². The first kappa shape index (κ1) is 25.5. The number of pyridine rings is 1. The summed E-state index contributed by atoms with van der Waals surface area (Å²) in [5.41, 5.74) is 0.0618. The van der Waals surface area contributed by atoms with Crippen molar-refractivity contribution in [3.63, 3.8) is 0 Å². The predicted octanol–water partition coefficient (Wildman–Crippen LogP) is 5.32. The van der Waals surface area contributed by atoms with Crippen LogP contribution in [0.1, 0.15) is 11.1 Å². The number of aromatic nitrogens is 2. The lowest BCUT2D eigenvalue weighted by Crippen LogP contribution is -2.12. The van der Waals surface area contributed by atoms with Gasteiger partial charge in [-0.1, -0.05) is 6.07 Å². The minimum Gasteiger partial charge on any atom is -0.353 e. The van der Waals surface area contributed by atoms with Crippen LogP contribution in [0.15, 0.2) is 72.0 Å². The van der Waals surface area contributed by atoms with Gasteiger partial charge in [0.25, 0.3) is 10.0 Å². The summed E-state index contributed by atoms with van der Waals surface area (Å²) in [5, 5.41) is 6.36. The molecule has 12 heteroatoms. The van der Waals surface area contributed by atoms with Crippen molar-refractivity contribution in [2.24, 2.45) is 0 Å². The van der Waals surface area contributed by atoms with E-state index in [0.29, 0.717) is 34.8 Å². The number of alkyl halides is 3. The Hall–Kier alpha value is -3.15. The Morgan fingerprint density at radius 3 is 2.47 bits per heavy atom. The molecule has 34 heavy (non-hydrogen) atoms. The van der Waals surface area contributed by atoms with E-state index in [-0.39, 0.29) is 23.0 Å². The molecule has 0 atom stereocenters. The van der Waals surface area contributed by atoms with Gasteiger partial charge in [-0.05, 0) is 55.1 Å². The van der Waals surface area contributed by atoms with Crippen molar-refractivity contribution < 1.29 is 26.0 Å². The van der Waals surface area contributed by atoms with Crippen LogP contribution in [0.5, 0.6) is 0 Å². The number of nitrogens with zero attached hydrogens (tertiary/aromatic N) is 2. The maximum Gasteiger partial charge on any atom is 0.416 e. The third-order valence-corrected chi connectivity index (χ3v) is 6.65. The molecule has 0 fully saturated rings. The molecule has 2 aromatic carbocycles. The highest BCUT2D eigenvalue weighted by Crippen LogP contribution is 2.33. The fourth-order valence-corrected chi connectivity index (χ4v) is 4.78. The van der Waals surface area contributed by atoms with Crippen LogP contribution in [0.3, 0.4) is 0 Å². The van der Waals surface area contributed by atoms with Crippen LogP contribution < -0.4 is 10.6 Å². The first-order chi connectivity index (χ1) is 15.6. The number of fused-ring (bicyclic) bond motifs is 1. The molecule has 0 saturated heterocycles. The van der Waals surface area contributed by atoms with Crippen molar-refractivity contribution in [2.45, 2.75) is 17.6 Å². The van der Waals surface area contributed by atoms with Crippen LogP contribution in [-0.4, -0.2) is 24.4 Å². The second-order valence-electron chi connectivity index (χ2n) is 7.22. The fourth-order valence-electron chi connectivity index (χ4n) is 3.44. The van der Waals surface area contributed by atoms with Crippen LogP contribution in [0.4, 0.5) is 28.9 Å². The monoisotopic (exact) mass is 514 g/mol. The Morgan fingerprint density at radius 1 is 1.09 bits per heavy atom. The predicted molar refractivity (Wildman–Crippen MR) is 123 cm³/mol. The van der Waals surface area contributed by atoms with E-state index in [9.17, 15) is 26.0 Å². The van der Waals surface area contributed by atoms with E-state index in [1.807, 2.05) is 0 Å². The molecule has 0 saturated carbocycles. The minimum absolute atomic E-state index is 0. The molecule has 0 aliphatic rings. The van der Waals surface area contributed by atoms with Crippen molar-refractivity contribution in [3.05, 3.63) is 84.1 Å². The fraction of sp³-hybridized carbons (Fsp3) is 0.136. The molecule has 2 N–H and O–H groups in total. The molecular weight excluding hydrogens is 496 g/mol. The summed E-state index contributed by atoms with van der Waals surface area (Å²) in [6, 6.07) is 9.85. The van der Waals surface area contributed by atoms with E-state index < -0.39 is 27.6 Å². The maximum atomic E-state index is 14.3. The molecule has 0 amide bonds. The van der Waals surface area contributed by atoms with Gasteiger partial charge in [-0.15, -0.1) is 12.4 Å². The quantitative estimate of drug-likeness (QED) is 0.341. The van der Waals surface area contributed by atoms with E-state index >= 15 is 0 Å². The summed E-state index contributed by atoms with van der Waals surface area (Å²) in [4.78, 5) is 3.86. The van der Waals surface area contributed by atoms with Crippen molar-refractivity contribution >= 4 is 44.7 Å². The van der Waals surface area contributed by atoms with Crippen LogP contribution >= 0.6 is 12.4 Å². The smallest absolute Gasteiger partial charge is 0.353 e. The molecular formula is C22H19ClF4N4O2S. The van der Waals surface area contributed by atoms with E-state index in [0.717, 1.165) is 16.1 Å². The van der Waals surface area contributed by atoms with Gasteiger partial charge in [0.05, 0.1) is 16.8 Å². The Labute approximate surface area is 199 Å². The van der Waals surface area contributed by atoms with E-state index in [4.69, 9.17) is 0 Å². The van der Waals surface area contributed by atoms with Gasteiger partial charge in [-0.2, -0.15) is 13.2 Å². The van der Waals surface area contributed by atoms with Crippen LogP contribution in [0.2, 0.25) is 0 Å². The maximum absolute atomic E-state index is 14.3.